The normalized spacial score (nSPS) is 27.7. The van der Waals surface area contributed by atoms with Gasteiger partial charge in [-0.25, -0.2) is 0 Å². The van der Waals surface area contributed by atoms with E-state index < -0.39 is 24.4 Å². The Balaban J connectivity index is 2.10. The molecule has 1 aromatic rings. The van der Waals surface area contributed by atoms with E-state index in [9.17, 15) is 20.1 Å². The number of aliphatic hydroxyl groups is 3. The second kappa shape index (κ2) is 8.40. The number of hydrogen-bond donors (Lipinski definition) is 4. The van der Waals surface area contributed by atoms with Crippen molar-refractivity contribution in [3.63, 3.8) is 0 Å². The molecule has 0 spiro atoms. The predicted octanol–water partition coefficient (Wildman–Crippen LogP) is 0.761. The number of hydrogen-bond acceptors (Lipinski definition) is 5. The van der Waals surface area contributed by atoms with Gasteiger partial charge in [-0.3, -0.25) is 4.79 Å². The van der Waals surface area contributed by atoms with Gasteiger partial charge in [-0.15, -0.1) is 0 Å². The Hall–Kier alpha value is -1.47. The topological polar surface area (TPSA) is 99.0 Å². The Bertz CT molecular complexity index is 521. The van der Waals surface area contributed by atoms with Gasteiger partial charge in [0.25, 0.3) is 5.91 Å². The molecule has 0 aromatic heterocycles. The summed E-state index contributed by atoms with van der Waals surface area (Å²) in [4.78, 5) is 12.1. The number of rotatable bonds is 6. The molecule has 0 saturated carbocycles. The number of nitrogens with one attached hydrogen (secondary N) is 1. The van der Waals surface area contributed by atoms with Gasteiger partial charge in [0.05, 0.1) is 18.8 Å². The lowest BCUT2D eigenvalue weighted by Gasteiger charge is -2.36. The highest BCUT2D eigenvalue weighted by molar-refractivity contribution is 5.94. The second-order valence-corrected chi connectivity index (χ2v) is 5.88. The minimum absolute atomic E-state index is 0.128. The molecule has 1 fully saturated rings. The van der Waals surface area contributed by atoms with Crippen LogP contribution in [-0.4, -0.2) is 52.7 Å². The van der Waals surface area contributed by atoms with Gasteiger partial charge >= 0.3 is 0 Å². The molecule has 4 atom stereocenters. The number of unbranched alkanes of at least 4 members (excludes halogenated alkanes) is 1. The summed E-state index contributed by atoms with van der Waals surface area (Å²) in [6.07, 6.45) is -1.12. The molecule has 0 aliphatic carbocycles. The lowest BCUT2D eigenvalue weighted by Crippen LogP contribution is -2.44. The first-order chi connectivity index (χ1) is 11.1. The van der Waals surface area contributed by atoms with Crippen molar-refractivity contribution in [2.24, 2.45) is 0 Å². The minimum Gasteiger partial charge on any atom is -0.394 e. The molecule has 0 radical (unpaired) electrons. The van der Waals surface area contributed by atoms with Crippen molar-refractivity contribution in [1.29, 1.82) is 0 Å². The molecule has 1 aliphatic heterocycles. The van der Waals surface area contributed by atoms with Crippen molar-refractivity contribution in [3.8, 4) is 0 Å². The third kappa shape index (κ3) is 4.51. The molecule has 1 saturated heterocycles. The number of ether oxygens (including phenoxy) is 1. The molecule has 1 heterocycles. The van der Waals surface area contributed by atoms with Gasteiger partial charge in [-0.1, -0.05) is 25.5 Å². The molecular weight excluding hydrogens is 298 g/mol. The summed E-state index contributed by atoms with van der Waals surface area (Å²) in [5, 5.41) is 32.0. The molecule has 6 heteroatoms. The van der Waals surface area contributed by atoms with Crippen LogP contribution in [0.5, 0.6) is 0 Å². The van der Waals surface area contributed by atoms with Crippen molar-refractivity contribution in [2.75, 3.05) is 13.2 Å². The monoisotopic (exact) mass is 323 g/mol. The van der Waals surface area contributed by atoms with Gasteiger partial charge in [0.2, 0.25) is 0 Å². The van der Waals surface area contributed by atoms with Crippen LogP contribution in [0.2, 0.25) is 0 Å². The summed E-state index contributed by atoms with van der Waals surface area (Å²) in [6, 6.07) is 6.89. The Kier molecular flexibility index (Phi) is 6.53. The second-order valence-electron chi connectivity index (χ2n) is 5.88. The highest BCUT2D eigenvalue weighted by Gasteiger charge is 2.36. The molecule has 4 N–H and O–H groups in total. The van der Waals surface area contributed by atoms with Crippen LogP contribution >= 0.6 is 0 Å². The van der Waals surface area contributed by atoms with Gasteiger partial charge < -0.3 is 25.4 Å². The van der Waals surface area contributed by atoms with E-state index in [1.165, 1.54) is 0 Å². The van der Waals surface area contributed by atoms with E-state index in [1.54, 1.807) is 24.3 Å². The zero-order chi connectivity index (χ0) is 16.8. The summed E-state index contributed by atoms with van der Waals surface area (Å²) < 4.78 is 5.60. The molecule has 1 aromatic carbocycles. The van der Waals surface area contributed by atoms with E-state index in [0.29, 0.717) is 17.7 Å². The van der Waals surface area contributed by atoms with Crippen LogP contribution in [0.3, 0.4) is 0 Å². The molecule has 128 valence electrons. The van der Waals surface area contributed by atoms with Crippen LogP contribution in [0.1, 0.15) is 48.2 Å². The fourth-order valence-electron chi connectivity index (χ4n) is 2.70. The van der Waals surface area contributed by atoms with Crippen LogP contribution in [0.4, 0.5) is 0 Å². The van der Waals surface area contributed by atoms with E-state index in [-0.39, 0.29) is 18.9 Å². The first-order valence-corrected chi connectivity index (χ1v) is 8.07. The van der Waals surface area contributed by atoms with E-state index in [4.69, 9.17) is 4.74 Å². The maximum atomic E-state index is 12.1. The van der Waals surface area contributed by atoms with E-state index in [2.05, 4.69) is 12.2 Å². The van der Waals surface area contributed by atoms with Gasteiger partial charge in [0.1, 0.15) is 12.2 Å². The first-order valence-electron chi connectivity index (χ1n) is 8.07. The maximum absolute atomic E-state index is 12.1. The van der Waals surface area contributed by atoms with Gasteiger partial charge in [-0.05, 0) is 24.1 Å². The fraction of sp³-hybridized carbons (Fsp3) is 0.588. The minimum atomic E-state index is -0.897. The van der Waals surface area contributed by atoms with Crippen LogP contribution in [0.25, 0.3) is 0 Å². The SMILES string of the molecule is CCCCNC(=O)c1cccc(C2O[C@H](CO)C(O)C[C@@H]2O)c1. The zero-order valence-corrected chi connectivity index (χ0v) is 13.3. The molecule has 23 heavy (non-hydrogen) atoms. The van der Waals surface area contributed by atoms with Crippen molar-refractivity contribution in [3.05, 3.63) is 35.4 Å². The van der Waals surface area contributed by atoms with Crippen molar-refractivity contribution >= 4 is 5.91 Å². The molecule has 1 amide bonds. The van der Waals surface area contributed by atoms with Crippen LogP contribution in [0, 0.1) is 0 Å². The number of carbonyl (C=O) groups excluding carboxylic acids is 1. The third-order valence-electron chi connectivity index (χ3n) is 4.06. The average molecular weight is 323 g/mol. The molecule has 2 unspecified atom stereocenters. The van der Waals surface area contributed by atoms with E-state index >= 15 is 0 Å². The number of benzene rings is 1. The van der Waals surface area contributed by atoms with Gasteiger partial charge in [0.15, 0.2) is 0 Å². The first kappa shape index (κ1) is 17.9. The lowest BCUT2D eigenvalue weighted by atomic mass is 9.93. The van der Waals surface area contributed by atoms with E-state index in [1.807, 2.05) is 0 Å². The smallest absolute Gasteiger partial charge is 0.251 e. The van der Waals surface area contributed by atoms with Crippen molar-refractivity contribution < 1.29 is 24.9 Å². The Morgan fingerprint density at radius 3 is 2.83 bits per heavy atom. The van der Waals surface area contributed by atoms with Crippen LogP contribution in [0.15, 0.2) is 24.3 Å². The summed E-state index contributed by atoms with van der Waals surface area (Å²) in [6.45, 7) is 2.36. The summed E-state index contributed by atoms with van der Waals surface area (Å²) in [5.41, 5.74) is 1.16. The van der Waals surface area contributed by atoms with Gasteiger partial charge in [-0.2, -0.15) is 0 Å². The number of amides is 1. The molecular formula is C17H25NO5. The standard InChI is InChI=1S/C17H25NO5/c1-2-3-7-18-17(22)12-6-4-5-11(8-12)16-14(21)9-13(20)15(10-19)23-16/h4-6,8,13-16,19-21H,2-3,7,9-10H2,1H3,(H,18,22)/t13?,14-,15+,16?/m0/s1. The quantitative estimate of drug-likeness (QED) is 0.579. The average Bonchev–Trinajstić information content (AvgIpc) is 2.55. The number of aliphatic hydroxyl groups excluding tert-OH is 3. The third-order valence-corrected chi connectivity index (χ3v) is 4.06. The van der Waals surface area contributed by atoms with E-state index in [0.717, 1.165) is 12.8 Å². The Morgan fingerprint density at radius 2 is 2.13 bits per heavy atom. The predicted molar refractivity (Wildman–Crippen MR) is 85.0 cm³/mol. The highest BCUT2D eigenvalue weighted by Crippen LogP contribution is 2.32. The maximum Gasteiger partial charge on any atom is 0.251 e. The molecule has 1 aliphatic rings. The largest absolute Gasteiger partial charge is 0.394 e. The summed E-state index contributed by atoms with van der Waals surface area (Å²) >= 11 is 0. The highest BCUT2D eigenvalue weighted by atomic mass is 16.5. The number of carbonyl (C=O) groups is 1. The Morgan fingerprint density at radius 1 is 1.35 bits per heavy atom. The van der Waals surface area contributed by atoms with Gasteiger partial charge in [0, 0.05) is 18.5 Å². The molecule has 2 rings (SSSR count). The van der Waals surface area contributed by atoms with Crippen molar-refractivity contribution in [1.82, 2.24) is 5.32 Å². The Labute approximate surface area is 136 Å². The van der Waals surface area contributed by atoms with Crippen LogP contribution in [-0.2, 0) is 4.74 Å². The molecule has 6 nitrogen and oxygen atoms in total. The summed E-state index contributed by atoms with van der Waals surface area (Å²) in [7, 11) is 0. The fourth-order valence-corrected chi connectivity index (χ4v) is 2.70. The summed E-state index contributed by atoms with van der Waals surface area (Å²) in [5.74, 6) is -0.163. The van der Waals surface area contributed by atoms with Crippen molar-refractivity contribution in [2.45, 2.75) is 50.6 Å². The zero-order valence-electron chi connectivity index (χ0n) is 13.3. The lowest BCUT2D eigenvalue weighted by molar-refractivity contribution is -0.181. The molecule has 0 bridgehead atoms. The van der Waals surface area contributed by atoms with Crippen LogP contribution < -0.4 is 5.32 Å².